The van der Waals surface area contributed by atoms with E-state index in [1.54, 1.807) is 12.4 Å². The summed E-state index contributed by atoms with van der Waals surface area (Å²) in [6.07, 6.45) is 5.45. The fourth-order valence-corrected chi connectivity index (χ4v) is 1.81. The quantitative estimate of drug-likeness (QED) is 0.668. The summed E-state index contributed by atoms with van der Waals surface area (Å²) in [7, 11) is 1.91. The maximum absolute atomic E-state index is 4.50. The Hall–Kier alpha value is -2.17. The molecule has 0 spiro atoms. The molecule has 16 heavy (non-hydrogen) atoms. The monoisotopic (exact) mass is 213 g/mol. The van der Waals surface area contributed by atoms with Crippen LogP contribution in [0.5, 0.6) is 0 Å². The molecule has 0 radical (unpaired) electrons. The lowest BCUT2D eigenvalue weighted by molar-refractivity contribution is 0.776. The van der Waals surface area contributed by atoms with Gasteiger partial charge in [0.25, 0.3) is 0 Å². The first-order chi connectivity index (χ1) is 7.75. The first-order valence-electron chi connectivity index (χ1n) is 5.05. The van der Waals surface area contributed by atoms with E-state index in [0.717, 1.165) is 28.1 Å². The third kappa shape index (κ3) is 1.21. The van der Waals surface area contributed by atoms with Gasteiger partial charge in [0.2, 0.25) is 0 Å². The molecule has 0 bridgehead atoms. The first kappa shape index (κ1) is 9.08. The zero-order valence-electron chi connectivity index (χ0n) is 9.10. The van der Waals surface area contributed by atoms with Gasteiger partial charge in [-0.05, 0) is 13.0 Å². The Balaban J connectivity index is 2.32. The standard InChI is InChI=1S/C11H11N5/c1-7-5-12-11-10(15-7)8(6-13-11)9-3-4-14-16(9)2/h3-6H,1-2H3,(H,12,13). The van der Waals surface area contributed by atoms with E-state index in [2.05, 4.69) is 20.1 Å². The smallest absolute Gasteiger partial charge is 0.156 e. The van der Waals surface area contributed by atoms with Crippen LogP contribution in [0.15, 0.2) is 24.7 Å². The molecule has 5 heteroatoms. The Morgan fingerprint density at radius 3 is 3.00 bits per heavy atom. The van der Waals surface area contributed by atoms with Crippen molar-refractivity contribution in [2.24, 2.45) is 7.05 Å². The van der Waals surface area contributed by atoms with E-state index < -0.39 is 0 Å². The predicted molar refractivity (Wildman–Crippen MR) is 60.8 cm³/mol. The molecule has 0 aliphatic heterocycles. The molecule has 3 rings (SSSR count). The lowest BCUT2D eigenvalue weighted by atomic mass is 10.2. The van der Waals surface area contributed by atoms with Gasteiger partial charge in [0.05, 0.1) is 17.6 Å². The molecule has 0 fully saturated rings. The van der Waals surface area contributed by atoms with Crippen LogP contribution in [0.1, 0.15) is 5.69 Å². The molecule has 0 unspecified atom stereocenters. The maximum Gasteiger partial charge on any atom is 0.156 e. The average Bonchev–Trinajstić information content (AvgIpc) is 2.83. The van der Waals surface area contributed by atoms with Gasteiger partial charge < -0.3 is 4.98 Å². The van der Waals surface area contributed by atoms with Gasteiger partial charge in [0.1, 0.15) is 5.52 Å². The van der Waals surface area contributed by atoms with Gasteiger partial charge in [0.15, 0.2) is 5.65 Å². The number of aromatic nitrogens is 5. The summed E-state index contributed by atoms with van der Waals surface area (Å²) in [5.74, 6) is 0. The number of nitrogens with zero attached hydrogens (tertiary/aromatic N) is 4. The van der Waals surface area contributed by atoms with Crippen molar-refractivity contribution >= 4 is 11.2 Å². The van der Waals surface area contributed by atoms with Crippen LogP contribution in [0.4, 0.5) is 0 Å². The Morgan fingerprint density at radius 1 is 1.38 bits per heavy atom. The maximum atomic E-state index is 4.50. The van der Waals surface area contributed by atoms with Gasteiger partial charge in [0, 0.05) is 25.0 Å². The summed E-state index contributed by atoms with van der Waals surface area (Å²) >= 11 is 0. The number of rotatable bonds is 1. The van der Waals surface area contributed by atoms with Gasteiger partial charge in [-0.25, -0.2) is 9.97 Å². The van der Waals surface area contributed by atoms with E-state index in [1.807, 2.05) is 30.9 Å². The molecule has 3 aromatic heterocycles. The molecule has 0 aliphatic rings. The van der Waals surface area contributed by atoms with Crippen molar-refractivity contribution < 1.29 is 0 Å². The van der Waals surface area contributed by atoms with Gasteiger partial charge >= 0.3 is 0 Å². The van der Waals surface area contributed by atoms with Crippen LogP contribution in [0.2, 0.25) is 0 Å². The molecular formula is C11H11N5. The van der Waals surface area contributed by atoms with Crippen molar-refractivity contribution in [3.05, 3.63) is 30.4 Å². The second-order valence-electron chi connectivity index (χ2n) is 3.75. The molecule has 3 aromatic rings. The van der Waals surface area contributed by atoms with E-state index in [4.69, 9.17) is 0 Å². The molecule has 0 amide bonds. The van der Waals surface area contributed by atoms with Crippen LogP contribution in [-0.2, 0) is 7.05 Å². The normalized spacial score (nSPS) is 11.1. The van der Waals surface area contributed by atoms with Crippen molar-refractivity contribution in [1.29, 1.82) is 0 Å². The number of aromatic amines is 1. The highest BCUT2D eigenvalue weighted by molar-refractivity contribution is 5.89. The number of fused-ring (bicyclic) bond motifs is 1. The largest absolute Gasteiger partial charge is 0.344 e. The molecule has 0 aliphatic carbocycles. The molecule has 0 aromatic carbocycles. The fourth-order valence-electron chi connectivity index (χ4n) is 1.81. The average molecular weight is 213 g/mol. The van der Waals surface area contributed by atoms with Crippen LogP contribution in [-0.4, -0.2) is 24.7 Å². The highest BCUT2D eigenvalue weighted by Crippen LogP contribution is 2.25. The van der Waals surface area contributed by atoms with Crippen molar-refractivity contribution in [2.45, 2.75) is 6.92 Å². The van der Waals surface area contributed by atoms with Crippen molar-refractivity contribution in [3.63, 3.8) is 0 Å². The lowest BCUT2D eigenvalue weighted by Crippen LogP contribution is -1.93. The van der Waals surface area contributed by atoms with Crippen LogP contribution in [0, 0.1) is 6.92 Å². The summed E-state index contributed by atoms with van der Waals surface area (Å²) in [6.45, 7) is 1.94. The predicted octanol–water partition coefficient (Wildman–Crippen LogP) is 1.67. The molecule has 0 saturated heterocycles. The number of nitrogens with one attached hydrogen (secondary N) is 1. The molecule has 0 atom stereocenters. The van der Waals surface area contributed by atoms with Gasteiger partial charge in [-0.15, -0.1) is 0 Å². The Bertz CT molecular complexity index is 649. The molecular weight excluding hydrogens is 202 g/mol. The summed E-state index contributed by atoms with van der Waals surface area (Å²) in [5.41, 5.74) is 4.68. The van der Waals surface area contributed by atoms with Crippen molar-refractivity contribution in [1.82, 2.24) is 24.7 Å². The Morgan fingerprint density at radius 2 is 2.25 bits per heavy atom. The van der Waals surface area contributed by atoms with Crippen LogP contribution in [0.25, 0.3) is 22.4 Å². The SMILES string of the molecule is Cc1cnc2[nH]cc(-c3ccnn3C)c2n1. The van der Waals surface area contributed by atoms with Crippen LogP contribution < -0.4 is 0 Å². The fraction of sp³-hybridized carbons (Fsp3) is 0.182. The first-order valence-corrected chi connectivity index (χ1v) is 5.05. The van der Waals surface area contributed by atoms with E-state index in [1.165, 1.54) is 0 Å². The van der Waals surface area contributed by atoms with Gasteiger partial charge in [-0.3, -0.25) is 4.68 Å². The Labute approximate surface area is 92.2 Å². The lowest BCUT2D eigenvalue weighted by Gasteiger charge is -1.99. The van der Waals surface area contributed by atoms with Gasteiger partial charge in [-0.2, -0.15) is 5.10 Å². The van der Waals surface area contributed by atoms with E-state index in [9.17, 15) is 0 Å². The number of hydrogen-bond acceptors (Lipinski definition) is 3. The van der Waals surface area contributed by atoms with E-state index in [-0.39, 0.29) is 0 Å². The highest BCUT2D eigenvalue weighted by atomic mass is 15.3. The van der Waals surface area contributed by atoms with Crippen LogP contribution >= 0.6 is 0 Å². The third-order valence-electron chi connectivity index (χ3n) is 2.60. The zero-order valence-corrected chi connectivity index (χ0v) is 9.10. The number of H-pyrrole nitrogens is 1. The second-order valence-corrected chi connectivity index (χ2v) is 3.75. The summed E-state index contributed by atoms with van der Waals surface area (Å²) in [5, 5.41) is 4.16. The minimum atomic E-state index is 0.807. The van der Waals surface area contributed by atoms with Gasteiger partial charge in [-0.1, -0.05) is 0 Å². The molecule has 0 saturated carbocycles. The van der Waals surface area contributed by atoms with Crippen LogP contribution in [0.3, 0.4) is 0 Å². The number of aryl methyl sites for hydroxylation is 2. The third-order valence-corrected chi connectivity index (χ3v) is 2.60. The number of hydrogen-bond donors (Lipinski definition) is 1. The Kier molecular flexibility index (Phi) is 1.80. The van der Waals surface area contributed by atoms with Crippen molar-refractivity contribution in [2.75, 3.05) is 0 Å². The molecule has 5 nitrogen and oxygen atoms in total. The molecule has 80 valence electrons. The summed E-state index contributed by atoms with van der Waals surface area (Å²) in [6, 6.07) is 1.96. The minimum Gasteiger partial charge on any atom is -0.344 e. The zero-order chi connectivity index (χ0) is 11.1. The summed E-state index contributed by atoms with van der Waals surface area (Å²) in [4.78, 5) is 11.9. The molecule has 3 heterocycles. The second kappa shape index (κ2) is 3.16. The van der Waals surface area contributed by atoms with E-state index >= 15 is 0 Å². The minimum absolute atomic E-state index is 0.807. The molecule has 1 N–H and O–H groups in total. The summed E-state index contributed by atoms with van der Waals surface area (Å²) < 4.78 is 1.83. The van der Waals surface area contributed by atoms with E-state index in [0.29, 0.717) is 0 Å². The topological polar surface area (TPSA) is 59.4 Å². The van der Waals surface area contributed by atoms with Crippen molar-refractivity contribution in [3.8, 4) is 11.3 Å². The highest BCUT2D eigenvalue weighted by Gasteiger charge is 2.11.